The molecule has 1 aliphatic carbocycles. The Hall–Kier alpha value is -3.32. The lowest BCUT2D eigenvalue weighted by Gasteiger charge is -2.32. The molecule has 0 aliphatic heterocycles. The Balaban J connectivity index is 1.54. The molecule has 5 aromatic heterocycles. The second-order valence-corrected chi connectivity index (χ2v) is 10.1. The van der Waals surface area contributed by atoms with E-state index in [-0.39, 0.29) is 5.41 Å². The molecule has 1 N–H and O–H groups in total. The maximum atomic E-state index is 5.77. The summed E-state index contributed by atoms with van der Waals surface area (Å²) in [4.78, 5) is 19.7. The monoisotopic (exact) mass is 441 g/mol. The first-order chi connectivity index (χ1) is 15.6. The molecule has 7 heteroatoms. The third kappa shape index (κ3) is 3.24. The number of aromatic nitrogens is 4. The third-order valence-electron chi connectivity index (χ3n) is 6.24. The first-order valence-electron chi connectivity index (χ1n) is 10.9. The van der Waals surface area contributed by atoms with Crippen LogP contribution < -0.4 is 5.32 Å². The van der Waals surface area contributed by atoms with Crippen LogP contribution in [0.4, 0.5) is 5.82 Å². The van der Waals surface area contributed by atoms with E-state index in [4.69, 9.17) is 14.4 Å². The van der Waals surface area contributed by atoms with Crippen LogP contribution in [0.2, 0.25) is 0 Å². The molecule has 0 spiro atoms. The van der Waals surface area contributed by atoms with Crippen LogP contribution in [0.3, 0.4) is 0 Å². The fraction of sp³-hybridized carbons (Fsp3) is 0.280. The molecule has 0 atom stereocenters. The molecule has 6 nitrogen and oxygen atoms in total. The summed E-state index contributed by atoms with van der Waals surface area (Å²) in [5, 5.41) is 4.63. The summed E-state index contributed by atoms with van der Waals surface area (Å²) < 4.78 is 6.80. The Kier molecular flexibility index (Phi) is 4.47. The van der Waals surface area contributed by atoms with E-state index in [1.54, 1.807) is 30.1 Å². The highest BCUT2D eigenvalue weighted by Gasteiger charge is 2.31. The zero-order valence-corrected chi connectivity index (χ0v) is 18.9. The molecule has 0 saturated heterocycles. The van der Waals surface area contributed by atoms with E-state index < -0.39 is 0 Å². The molecule has 0 bridgehead atoms. The molecule has 0 unspecified atom stereocenters. The van der Waals surface area contributed by atoms with Crippen LogP contribution in [0.25, 0.3) is 31.9 Å². The first kappa shape index (κ1) is 19.4. The van der Waals surface area contributed by atoms with Gasteiger partial charge in [-0.3, -0.25) is 4.98 Å². The van der Waals surface area contributed by atoms with E-state index in [0.717, 1.165) is 57.3 Å². The summed E-state index contributed by atoms with van der Waals surface area (Å²) in [5.74, 6) is 1.66. The van der Waals surface area contributed by atoms with Crippen molar-refractivity contribution in [3.05, 3.63) is 65.9 Å². The van der Waals surface area contributed by atoms with E-state index in [0.29, 0.717) is 6.54 Å². The maximum Gasteiger partial charge on any atom is 0.152 e. The third-order valence-corrected chi connectivity index (χ3v) is 7.32. The molecule has 0 amide bonds. The Morgan fingerprint density at radius 2 is 2.03 bits per heavy atom. The summed E-state index contributed by atoms with van der Waals surface area (Å²) in [6, 6.07) is 9.85. The van der Waals surface area contributed by atoms with Crippen LogP contribution in [0, 0.1) is 5.41 Å². The van der Waals surface area contributed by atoms with Crippen molar-refractivity contribution in [1.82, 2.24) is 19.9 Å². The number of rotatable bonds is 4. The van der Waals surface area contributed by atoms with E-state index >= 15 is 0 Å². The first-order valence-corrected chi connectivity index (χ1v) is 11.7. The van der Waals surface area contributed by atoms with Gasteiger partial charge in [0.2, 0.25) is 0 Å². The largest absolute Gasteiger partial charge is 0.463 e. The fourth-order valence-corrected chi connectivity index (χ4v) is 5.75. The number of nitrogens with zero attached hydrogens (tertiary/aromatic N) is 4. The molecule has 5 heterocycles. The molecular weight excluding hydrogens is 418 g/mol. The summed E-state index contributed by atoms with van der Waals surface area (Å²) in [5.41, 5.74) is 5.82. The zero-order chi connectivity index (χ0) is 21.7. The molecule has 0 radical (unpaired) electrons. The lowest BCUT2D eigenvalue weighted by Crippen LogP contribution is -2.23. The van der Waals surface area contributed by atoms with Crippen LogP contribution in [0.1, 0.15) is 37.1 Å². The minimum Gasteiger partial charge on any atom is -0.463 e. The molecule has 160 valence electrons. The van der Waals surface area contributed by atoms with Gasteiger partial charge in [-0.15, -0.1) is 11.3 Å². The van der Waals surface area contributed by atoms with Gasteiger partial charge in [-0.1, -0.05) is 19.9 Å². The normalized spacial score (nSPS) is 15.2. The number of fused-ring (bicyclic) bond motifs is 5. The van der Waals surface area contributed by atoms with Gasteiger partial charge in [0.1, 0.15) is 22.7 Å². The van der Waals surface area contributed by atoms with Crippen molar-refractivity contribution in [3.63, 3.8) is 0 Å². The molecular formula is C25H23N5OS. The molecule has 1 aliphatic rings. The van der Waals surface area contributed by atoms with Crippen molar-refractivity contribution >= 4 is 37.6 Å². The van der Waals surface area contributed by atoms with Gasteiger partial charge in [-0.05, 0) is 60.1 Å². The average Bonchev–Trinajstić information content (AvgIpc) is 3.45. The molecule has 5 aromatic rings. The second-order valence-electron chi connectivity index (χ2n) is 9.09. The van der Waals surface area contributed by atoms with E-state index in [9.17, 15) is 0 Å². The minimum atomic E-state index is 0.239. The topological polar surface area (TPSA) is 76.7 Å². The summed E-state index contributed by atoms with van der Waals surface area (Å²) >= 11 is 1.65. The summed E-state index contributed by atoms with van der Waals surface area (Å²) in [7, 11) is 0. The number of hydrogen-bond acceptors (Lipinski definition) is 7. The van der Waals surface area contributed by atoms with Gasteiger partial charge < -0.3 is 9.73 Å². The number of pyridine rings is 2. The van der Waals surface area contributed by atoms with Crippen LogP contribution in [-0.2, 0) is 19.4 Å². The van der Waals surface area contributed by atoms with Crippen LogP contribution in [-0.4, -0.2) is 19.9 Å². The van der Waals surface area contributed by atoms with Gasteiger partial charge in [0, 0.05) is 11.6 Å². The smallest absolute Gasteiger partial charge is 0.152 e. The van der Waals surface area contributed by atoms with Crippen molar-refractivity contribution in [2.45, 2.75) is 39.7 Å². The van der Waals surface area contributed by atoms with E-state index in [2.05, 4.69) is 29.1 Å². The molecule has 0 saturated carbocycles. The molecule has 6 rings (SSSR count). The Morgan fingerprint density at radius 1 is 1.09 bits per heavy atom. The SMILES string of the molecule is CC1(C)CCc2c(-c3ccco3)nc3sc4c(NCc5ccccn5)ncnc4c3c2C1. The van der Waals surface area contributed by atoms with Crippen molar-refractivity contribution in [1.29, 1.82) is 0 Å². The van der Waals surface area contributed by atoms with Crippen molar-refractivity contribution in [2.75, 3.05) is 5.32 Å². The number of nitrogens with one attached hydrogen (secondary N) is 1. The van der Waals surface area contributed by atoms with Crippen LogP contribution >= 0.6 is 11.3 Å². The van der Waals surface area contributed by atoms with Gasteiger partial charge >= 0.3 is 0 Å². The van der Waals surface area contributed by atoms with E-state index in [1.807, 2.05) is 30.3 Å². The second kappa shape index (κ2) is 7.38. The highest BCUT2D eigenvalue weighted by Crippen LogP contribution is 2.46. The van der Waals surface area contributed by atoms with Gasteiger partial charge in [0.15, 0.2) is 5.76 Å². The number of hydrogen-bond donors (Lipinski definition) is 1. The predicted octanol–water partition coefficient (Wildman–Crippen LogP) is 6.02. The van der Waals surface area contributed by atoms with E-state index in [1.165, 1.54) is 16.5 Å². The van der Waals surface area contributed by atoms with Crippen LogP contribution in [0.5, 0.6) is 0 Å². The van der Waals surface area contributed by atoms with Gasteiger partial charge in [-0.2, -0.15) is 0 Å². The highest BCUT2D eigenvalue weighted by atomic mass is 32.1. The summed E-state index contributed by atoms with van der Waals surface area (Å²) in [6.45, 7) is 5.30. The molecule has 0 fully saturated rings. The summed E-state index contributed by atoms with van der Waals surface area (Å²) in [6.07, 6.45) is 8.30. The van der Waals surface area contributed by atoms with Gasteiger partial charge in [0.05, 0.1) is 28.7 Å². The van der Waals surface area contributed by atoms with Crippen molar-refractivity contribution in [2.24, 2.45) is 5.41 Å². The average molecular weight is 442 g/mol. The number of thiophene rings is 1. The Morgan fingerprint density at radius 3 is 2.84 bits per heavy atom. The van der Waals surface area contributed by atoms with Gasteiger partial charge in [-0.25, -0.2) is 15.0 Å². The quantitative estimate of drug-likeness (QED) is 0.367. The highest BCUT2D eigenvalue weighted by molar-refractivity contribution is 7.26. The Labute approximate surface area is 189 Å². The fourth-order valence-electron chi connectivity index (χ4n) is 4.63. The Bertz CT molecular complexity index is 1420. The van der Waals surface area contributed by atoms with Gasteiger partial charge in [0.25, 0.3) is 0 Å². The van der Waals surface area contributed by atoms with Crippen molar-refractivity contribution in [3.8, 4) is 11.5 Å². The zero-order valence-electron chi connectivity index (χ0n) is 18.1. The van der Waals surface area contributed by atoms with Crippen LogP contribution in [0.15, 0.2) is 53.5 Å². The maximum absolute atomic E-state index is 5.77. The molecule has 0 aromatic carbocycles. The number of furan rings is 1. The standard InChI is InChI=1S/C25H23N5OS/c1-25(2)9-8-16-17(12-25)19-21-22(32-24(19)30-20(16)18-7-5-11-31-18)23(29-14-28-21)27-13-15-6-3-4-10-26-15/h3-7,10-11,14H,8-9,12-13H2,1-2H3,(H,27,28,29). The predicted molar refractivity (Wildman–Crippen MR) is 128 cm³/mol. The van der Waals surface area contributed by atoms with Crippen molar-refractivity contribution < 1.29 is 4.42 Å². The molecule has 32 heavy (non-hydrogen) atoms. The lowest BCUT2D eigenvalue weighted by atomic mass is 9.73. The minimum absolute atomic E-state index is 0.239. The number of anilines is 1. The lowest BCUT2D eigenvalue weighted by molar-refractivity contribution is 0.316.